The van der Waals surface area contributed by atoms with E-state index in [2.05, 4.69) is 33.8 Å². The lowest BCUT2D eigenvalue weighted by atomic mass is 9.47. The second kappa shape index (κ2) is 17.3. The number of ether oxygens (including phenoxy) is 9. The summed E-state index contributed by atoms with van der Waals surface area (Å²) in [5.41, 5.74) is 1.56. The number of rotatable bonds is 8. The Hall–Kier alpha value is -0.900. The van der Waals surface area contributed by atoms with Crippen molar-refractivity contribution in [1.29, 1.82) is 0 Å². The van der Waals surface area contributed by atoms with Gasteiger partial charge in [0, 0.05) is 19.4 Å². The van der Waals surface area contributed by atoms with Gasteiger partial charge >= 0.3 is 0 Å². The third-order valence-electron chi connectivity index (χ3n) is 17.9. The second-order valence-corrected chi connectivity index (χ2v) is 21.3. The van der Waals surface area contributed by atoms with Gasteiger partial charge in [-0.25, -0.2) is 0 Å². The van der Waals surface area contributed by atoms with Crippen molar-refractivity contribution in [3.05, 3.63) is 11.6 Å². The minimum Gasteiger partial charge on any atom is -0.394 e. The molecule has 3 saturated carbocycles. The topological polar surface area (TPSA) is 225 Å². The van der Waals surface area contributed by atoms with Crippen LogP contribution in [0.3, 0.4) is 0 Å². The van der Waals surface area contributed by atoms with Crippen LogP contribution < -0.4 is 0 Å². The molecule has 4 aliphatic carbocycles. The number of allylic oxidation sites excluding steroid dienone is 1. The number of aliphatic hydroxyl groups excluding tert-OH is 7. The molecule has 9 aliphatic rings. The minimum absolute atomic E-state index is 0.00888. The van der Waals surface area contributed by atoms with Crippen LogP contribution in [0.4, 0.5) is 0 Å². The van der Waals surface area contributed by atoms with Crippen LogP contribution >= 0.6 is 0 Å². The molecule has 5 heterocycles. The summed E-state index contributed by atoms with van der Waals surface area (Å²) in [7, 11) is 1.39. The monoisotopic (exact) mass is 882 g/mol. The van der Waals surface area contributed by atoms with E-state index in [1.165, 1.54) is 26.0 Å². The molecule has 0 aromatic heterocycles. The molecule has 5 aliphatic heterocycles. The summed E-state index contributed by atoms with van der Waals surface area (Å²) >= 11 is 0. The maximum atomic E-state index is 12.1. The highest BCUT2D eigenvalue weighted by Crippen LogP contribution is 2.70. The van der Waals surface area contributed by atoms with Gasteiger partial charge in [0.25, 0.3) is 0 Å². The Bertz CT molecular complexity index is 1610. The van der Waals surface area contributed by atoms with Crippen molar-refractivity contribution >= 4 is 0 Å². The molecular formula is C46H74O16. The number of aliphatic hydroxyl groups is 7. The van der Waals surface area contributed by atoms with E-state index >= 15 is 0 Å². The Balaban J connectivity index is 0.915. The molecule has 9 rings (SSSR count). The summed E-state index contributed by atoms with van der Waals surface area (Å²) in [4.78, 5) is 0. The fourth-order valence-electron chi connectivity index (χ4n) is 14.3. The van der Waals surface area contributed by atoms with Crippen LogP contribution in [-0.4, -0.2) is 166 Å². The molecule has 1 spiro atoms. The zero-order valence-electron chi connectivity index (χ0n) is 37.4. The minimum atomic E-state index is -1.69. The first-order valence-electron chi connectivity index (χ1n) is 23.6. The van der Waals surface area contributed by atoms with E-state index in [1.807, 2.05) is 0 Å². The van der Waals surface area contributed by atoms with E-state index < -0.39 is 105 Å². The lowest BCUT2D eigenvalue weighted by molar-refractivity contribution is -0.389. The molecule has 0 amide bonds. The normalized spacial score (nSPS) is 57.6. The van der Waals surface area contributed by atoms with Gasteiger partial charge in [0.1, 0.15) is 61.0 Å². The highest BCUT2D eigenvalue weighted by molar-refractivity contribution is 5.26. The van der Waals surface area contributed by atoms with Crippen LogP contribution in [0.15, 0.2) is 11.6 Å². The molecule has 5 unspecified atom stereocenters. The Labute approximate surface area is 365 Å². The molecule has 0 bridgehead atoms. The van der Waals surface area contributed by atoms with E-state index in [9.17, 15) is 35.7 Å². The van der Waals surface area contributed by atoms with Crippen LogP contribution in [0, 0.1) is 46.3 Å². The summed E-state index contributed by atoms with van der Waals surface area (Å²) in [6.07, 6.45) is -8.82. The predicted octanol–water partition coefficient (Wildman–Crippen LogP) is 1.90. The molecule has 0 aromatic carbocycles. The maximum absolute atomic E-state index is 12.1. The highest BCUT2D eigenvalue weighted by Gasteiger charge is 2.69. The molecular weight excluding hydrogens is 808 g/mol. The van der Waals surface area contributed by atoms with Crippen molar-refractivity contribution in [3.63, 3.8) is 0 Å². The van der Waals surface area contributed by atoms with Gasteiger partial charge in [0.2, 0.25) is 0 Å². The molecule has 16 nitrogen and oxygen atoms in total. The van der Waals surface area contributed by atoms with Gasteiger partial charge < -0.3 is 78.4 Å². The van der Waals surface area contributed by atoms with E-state index in [0.29, 0.717) is 48.3 Å². The summed E-state index contributed by atoms with van der Waals surface area (Å²) < 4.78 is 55.9. The molecule has 7 N–H and O–H groups in total. The van der Waals surface area contributed by atoms with Crippen LogP contribution in [0.2, 0.25) is 0 Å². The molecule has 26 atom stereocenters. The zero-order valence-corrected chi connectivity index (χ0v) is 37.4. The molecule has 0 aromatic rings. The standard InChI is InChI=1S/C46H74O16/c1-20-10-15-46(55-19-20)21(2)31-29(62-46)17-28-26-9-8-24-16-25(11-13-44(24,5)27(26)12-14-45(28,31)6)58-43-40(61-41-35(51)33(49)32(48)22(3)56-41)37(53)39(30(18-47)59-43)60-42-36(52)34(50)38(54-7)23(4)57-42/h8,20-23,25-43,47-53H,9-19H2,1-7H3/t20-,21+,22+,23+,25+,26?,27?,28?,29?,30-,31?,32+,33-,34+,35-,36-,37+,38+,39-,40-,41+,42+,43-,44+,45+,46-/m1/s1. The van der Waals surface area contributed by atoms with Crippen LogP contribution in [0.1, 0.15) is 99.3 Å². The van der Waals surface area contributed by atoms with Crippen molar-refractivity contribution in [1.82, 2.24) is 0 Å². The quantitative estimate of drug-likeness (QED) is 0.173. The number of fused-ring (bicyclic) bond motifs is 7. The SMILES string of the molecule is CO[C@@H]1[C@@H](O)[C@@H](O)[C@H](O[C@H]2[C@H](O)[C@@H](O[C@@H]3O[C@@H](C)[C@H](O)[C@@H](O)[C@H]3O)[C@H](O[C@H]3CC[C@@]4(C)C(=CCC5C6CC7O[C@]8(CC[C@@H](C)CO8)[C@@H](C)C7[C@@]6(C)CCC54)C3)O[C@@H]2CO)O[C@H]1C. The summed E-state index contributed by atoms with van der Waals surface area (Å²) in [5.74, 6) is 2.68. The van der Waals surface area contributed by atoms with Crippen molar-refractivity contribution in [3.8, 4) is 0 Å². The van der Waals surface area contributed by atoms with E-state index in [0.717, 1.165) is 45.1 Å². The van der Waals surface area contributed by atoms with Gasteiger partial charge in [-0.2, -0.15) is 0 Å². The predicted molar refractivity (Wildman–Crippen MR) is 218 cm³/mol. The number of methoxy groups -OCH3 is 1. The van der Waals surface area contributed by atoms with Crippen LogP contribution in [0.25, 0.3) is 0 Å². The summed E-state index contributed by atoms with van der Waals surface area (Å²) in [5, 5.41) is 76.4. The molecule has 354 valence electrons. The van der Waals surface area contributed by atoms with Gasteiger partial charge in [0.05, 0.1) is 37.6 Å². The zero-order chi connectivity index (χ0) is 44.2. The number of hydrogen-bond donors (Lipinski definition) is 7. The molecule has 16 heteroatoms. The van der Waals surface area contributed by atoms with Gasteiger partial charge in [-0.1, -0.05) is 39.3 Å². The third-order valence-corrected chi connectivity index (χ3v) is 17.9. The van der Waals surface area contributed by atoms with E-state index in [4.69, 9.17) is 42.6 Å². The van der Waals surface area contributed by atoms with E-state index in [-0.39, 0.29) is 23.0 Å². The van der Waals surface area contributed by atoms with Crippen molar-refractivity contribution < 1.29 is 78.4 Å². The van der Waals surface area contributed by atoms with Gasteiger partial charge in [-0.3, -0.25) is 0 Å². The first-order valence-corrected chi connectivity index (χ1v) is 23.6. The largest absolute Gasteiger partial charge is 0.394 e. The van der Waals surface area contributed by atoms with Gasteiger partial charge in [-0.15, -0.1) is 0 Å². The summed E-state index contributed by atoms with van der Waals surface area (Å²) in [6.45, 7) is 13.0. The van der Waals surface area contributed by atoms with Crippen molar-refractivity contribution in [2.45, 2.75) is 209 Å². The van der Waals surface area contributed by atoms with Crippen LogP contribution in [-0.2, 0) is 42.6 Å². The third kappa shape index (κ3) is 7.50. The van der Waals surface area contributed by atoms with E-state index in [1.54, 1.807) is 6.92 Å². The molecule has 8 fully saturated rings. The van der Waals surface area contributed by atoms with Crippen molar-refractivity contribution in [2.75, 3.05) is 20.3 Å². The summed E-state index contributed by atoms with van der Waals surface area (Å²) in [6, 6.07) is 0. The first kappa shape index (κ1) is 46.2. The Kier molecular flexibility index (Phi) is 12.9. The fourth-order valence-corrected chi connectivity index (χ4v) is 14.3. The smallest absolute Gasteiger partial charge is 0.187 e. The second-order valence-electron chi connectivity index (χ2n) is 21.3. The first-order chi connectivity index (χ1) is 29.4. The Morgan fingerprint density at radius 2 is 1.42 bits per heavy atom. The van der Waals surface area contributed by atoms with Gasteiger partial charge in [0.15, 0.2) is 24.7 Å². The Morgan fingerprint density at radius 1 is 0.710 bits per heavy atom. The lowest BCUT2D eigenvalue weighted by Gasteiger charge is -2.58. The molecule has 0 radical (unpaired) electrons. The van der Waals surface area contributed by atoms with Gasteiger partial charge in [-0.05, 0) is 106 Å². The lowest BCUT2D eigenvalue weighted by Crippen LogP contribution is -2.66. The highest BCUT2D eigenvalue weighted by atomic mass is 16.8. The number of hydrogen-bond acceptors (Lipinski definition) is 16. The Morgan fingerprint density at radius 3 is 2.11 bits per heavy atom. The molecule has 62 heavy (non-hydrogen) atoms. The molecule has 5 saturated heterocycles. The van der Waals surface area contributed by atoms with Crippen molar-refractivity contribution in [2.24, 2.45) is 46.3 Å². The fraction of sp³-hybridized carbons (Fsp3) is 0.957. The van der Waals surface area contributed by atoms with Crippen LogP contribution in [0.5, 0.6) is 0 Å². The average Bonchev–Trinajstić information content (AvgIpc) is 3.69. The maximum Gasteiger partial charge on any atom is 0.187 e. The average molecular weight is 883 g/mol.